The first-order chi connectivity index (χ1) is 11.1. The number of aliphatic imine (C=N–C) groups is 1. The minimum Gasteiger partial charge on any atom is -0.370 e. The molecule has 0 aliphatic carbocycles. The molecular weight excluding hydrogens is 441 g/mol. The monoisotopic (exact) mass is 465 g/mol. The van der Waals surface area contributed by atoms with Gasteiger partial charge in [-0.25, -0.2) is 13.4 Å². The van der Waals surface area contributed by atoms with Gasteiger partial charge in [0.05, 0.1) is 17.5 Å². The number of nitrogens with zero attached hydrogens (tertiary/aromatic N) is 4. The number of pyridine rings is 1. The maximum absolute atomic E-state index is 11.8. The van der Waals surface area contributed by atoms with E-state index in [0.29, 0.717) is 12.4 Å². The Kier molecular flexibility index (Phi) is 6.67. The number of guanidine groups is 1. The SMILES string of the molecule is I.NC(=NCC1CCCS1(=O)=O)N1CCN(c2ccccn2)CC1. The molecule has 1 unspecified atom stereocenters. The van der Waals surface area contributed by atoms with Gasteiger partial charge in [0.15, 0.2) is 15.8 Å². The van der Waals surface area contributed by atoms with Crippen LogP contribution in [-0.4, -0.2) is 68.0 Å². The molecule has 0 spiro atoms. The van der Waals surface area contributed by atoms with Gasteiger partial charge in [0, 0.05) is 32.4 Å². The number of aromatic nitrogens is 1. The first-order valence-electron chi connectivity index (χ1n) is 7.99. The largest absolute Gasteiger partial charge is 0.370 e. The molecule has 134 valence electrons. The Hall–Kier alpha value is -1.10. The quantitative estimate of drug-likeness (QED) is 0.402. The Morgan fingerprint density at radius 3 is 2.62 bits per heavy atom. The van der Waals surface area contributed by atoms with Crippen LogP contribution in [0.2, 0.25) is 0 Å². The molecule has 3 rings (SSSR count). The van der Waals surface area contributed by atoms with Gasteiger partial charge in [0.25, 0.3) is 0 Å². The van der Waals surface area contributed by atoms with Crippen molar-refractivity contribution in [2.24, 2.45) is 10.7 Å². The van der Waals surface area contributed by atoms with Crippen molar-refractivity contribution in [1.29, 1.82) is 0 Å². The molecule has 3 heterocycles. The standard InChI is InChI=1S/C15H23N5O2S.HI/c16-15(18-12-13-4-3-11-23(13,21)22)20-9-7-19(8-10-20)14-5-1-2-6-17-14;/h1-2,5-6,13H,3-4,7-12H2,(H2,16,18);1H. The number of nitrogens with two attached hydrogens (primary N) is 1. The highest BCUT2D eigenvalue weighted by molar-refractivity contribution is 14.0. The van der Waals surface area contributed by atoms with Gasteiger partial charge in [0.2, 0.25) is 0 Å². The Morgan fingerprint density at radius 1 is 1.29 bits per heavy atom. The molecule has 0 aromatic carbocycles. The van der Waals surface area contributed by atoms with Crippen LogP contribution in [0.5, 0.6) is 0 Å². The molecule has 24 heavy (non-hydrogen) atoms. The molecule has 2 N–H and O–H groups in total. The van der Waals surface area contributed by atoms with E-state index in [1.54, 1.807) is 6.20 Å². The lowest BCUT2D eigenvalue weighted by Gasteiger charge is -2.36. The number of sulfone groups is 1. The summed E-state index contributed by atoms with van der Waals surface area (Å²) in [7, 11) is -2.96. The summed E-state index contributed by atoms with van der Waals surface area (Å²) in [6.07, 6.45) is 3.23. The maximum Gasteiger partial charge on any atom is 0.191 e. The van der Waals surface area contributed by atoms with Gasteiger partial charge in [-0.1, -0.05) is 6.07 Å². The van der Waals surface area contributed by atoms with E-state index < -0.39 is 9.84 Å². The predicted molar refractivity (Wildman–Crippen MR) is 107 cm³/mol. The van der Waals surface area contributed by atoms with Crippen molar-refractivity contribution in [2.75, 3.05) is 43.4 Å². The third kappa shape index (κ3) is 4.50. The van der Waals surface area contributed by atoms with Crippen molar-refractivity contribution in [3.63, 3.8) is 0 Å². The first-order valence-corrected chi connectivity index (χ1v) is 9.70. The molecule has 7 nitrogen and oxygen atoms in total. The second-order valence-corrected chi connectivity index (χ2v) is 8.39. The molecule has 2 aliphatic heterocycles. The predicted octanol–water partition coefficient (Wildman–Crippen LogP) is 0.713. The lowest BCUT2D eigenvalue weighted by Crippen LogP contribution is -2.51. The Balaban J connectivity index is 0.00000208. The molecule has 0 amide bonds. The Morgan fingerprint density at radius 2 is 2.04 bits per heavy atom. The van der Waals surface area contributed by atoms with Gasteiger partial charge in [-0.05, 0) is 25.0 Å². The van der Waals surface area contributed by atoms with E-state index in [1.165, 1.54) is 0 Å². The molecule has 2 fully saturated rings. The molecular formula is C15H24IN5O2S. The van der Waals surface area contributed by atoms with E-state index in [4.69, 9.17) is 5.73 Å². The smallest absolute Gasteiger partial charge is 0.191 e. The summed E-state index contributed by atoms with van der Waals surface area (Å²) in [4.78, 5) is 12.9. The fraction of sp³-hybridized carbons (Fsp3) is 0.600. The lowest BCUT2D eigenvalue weighted by atomic mass is 10.2. The van der Waals surface area contributed by atoms with E-state index in [9.17, 15) is 8.42 Å². The van der Waals surface area contributed by atoms with E-state index in [-0.39, 0.29) is 41.5 Å². The molecule has 0 bridgehead atoms. The first kappa shape index (κ1) is 19.2. The fourth-order valence-corrected chi connectivity index (χ4v) is 4.79. The van der Waals surface area contributed by atoms with Gasteiger partial charge in [-0.3, -0.25) is 4.99 Å². The lowest BCUT2D eigenvalue weighted by molar-refractivity contribution is 0.379. The number of hydrogen-bond acceptors (Lipinski definition) is 5. The van der Waals surface area contributed by atoms with Crippen LogP contribution in [0.15, 0.2) is 29.4 Å². The molecule has 9 heteroatoms. The normalized spacial score (nSPS) is 23.8. The number of rotatable bonds is 3. The van der Waals surface area contributed by atoms with Crippen molar-refractivity contribution in [3.8, 4) is 0 Å². The third-order valence-electron chi connectivity index (χ3n) is 4.50. The number of anilines is 1. The second-order valence-electron chi connectivity index (χ2n) is 5.99. The van der Waals surface area contributed by atoms with Crippen LogP contribution >= 0.6 is 24.0 Å². The summed E-state index contributed by atoms with van der Waals surface area (Å²) in [6.45, 7) is 3.48. The van der Waals surface area contributed by atoms with Gasteiger partial charge in [0.1, 0.15) is 5.82 Å². The molecule has 0 saturated carbocycles. The van der Waals surface area contributed by atoms with Crippen molar-refractivity contribution in [1.82, 2.24) is 9.88 Å². The zero-order valence-corrected chi connectivity index (χ0v) is 16.7. The fourth-order valence-electron chi connectivity index (χ4n) is 3.06. The molecule has 2 saturated heterocycles. The van der Waals surface area contributed by atoms with Crippen LogP contribution in [0.3, 0.4) is 0 Å². The van der Waals surface area contributed by atoms with Gasteiger partial charge >= 0.3 is 0 Å². The van der Waals surface area contributed by atoms with Crippen LogP contribution in [0, 0.1) is 0 Å². The van der Waals surface area contributed by atoms with Crippen LogP contribution in [-0.2, 0) is 9.84 Å². The van der Waals surface area contributed by atoms with Crippen molar-refractivity contribution in [3.05, 3.63) is 24.4 Å². The number of halogens is 1. The summed E-state index contributed by atoms with van der Waals surface area (Å²) < 4.78 is 23.6. The van der Waals surface area contributed by atoms with E-state index in [2.05, 4.69) is 14.9 Å². The summed E-state index contributed by atoms with van der Waals surface area (Å²) in [5.74, 6) is 1.71. The highest BCUT2D eigenvalue weighted by Crippen LogP contribution is 2.20. The minimum absolute atomic E-state index is 0. The zero-order valence-electron chi connectivity index (χ0n) is 13.5. The Bertz CT molecular complexity index is 660. The molecule has 1 atom stereocenters. The average Bonchev–Trinajstić information content (AvgIpc) is 2.92. The van der Waals surface area contributed by atoms with Crippen molar-refractivity contribution in [2.45, 2.75) is 18.1 Å². The summed E-state index contributed by atoms with van der Waals surface area (Å²) in [6, 6.07) is 5.88. The highest BCUT2D eigenvalue weighted by Gasteiger charge is 2.31. The second kappa shape index (κ2) is 8.32. The van der Waals surface area contributed by atoms with E-state index >= 15 is 0 Å². The van der Waals surface area contributed by atoms with Crippen LogP contribution in [0.4, 0.5) is 5.82 Å². The minimum atomic E-state index is -2.96. The topological polar surface area (TPSA) is 91.9 Å². The molecule has 2 aliphatic rings. The average molecular weight is 465 g/mol. The molecule has 0 radical (unpaired) electrons. The van der Waals surface area contributed by atoms with Crippen LogP contribution in [0.25, 0.3) is 0 Å². The summed E-state index contributed by atoms with van der Waals surface area (Å²) in [5.41, 5.74) is 6.05. The van der Waals surface area contributed by atoms with Gasteiger partial charge in [-0.2, -0.15) is 0 Å². The van der Waals surface area contributed by atoms with Crippen molar-refractivity contribution < 1.29 is 8.42 Å². The van der Waals surface area contributed by atoms with Crippen LogP contribution in [0.1, 0.15) is 12.8 Å². The number of hydrogen-bond donors (Lipinski definition) is 1. The number of piperazine rings is 1. The van der Waals surface area contributed by atoms with Gasteiger partial charge < -0.3 is 15.5 Å². The Labute approximate surface area is 160 Å². The van der Waals surface area contributed by atoms with Gasteiger partial charge in [-0.15, -0.1) is 24.0 Å². The van der Waals surface area contributed by atoms with Crippen LogP contribution < -0.4 is 10.6 Å². The molecule has 1 aromatic heterocycles. The highest BCUT2D eigenvalue weighted by atomic mass is 127. The maximum atomic E-state index is 11.8. The van der Waals surface area contributed by atoms with E-state index in [0.717, 1.165) is 38.4 Å². The van der Waals surface area contributed by atoms with Crippen molar-refractivity contribution >= 4 is 45.6 Å². The third-order valence-corrected chi connectivity index (χ3v) is 6.75. The summed E-state index contributed by atoms with van der Waals surface area (Å²) in [5, 5.41) is -0.351. The molecule has 1 aromatic rings. The van der Waals surface area contributed by atoms with E-state index in [1.807, 2.05) is 23.1 Å². The zero-order chi connectivity index (χ0) is 16.3. The summed E-state index contributed by atoms with van der Waals surface area (Å²) >= 11 is 0.